The van der Waals surface area contributed by atoms with Gasteiger partial charge in [0.05, 0.1) is 5.69 Å². The molecule has 0 radical (unpaired) electrons. The molecule has 1 heterocycles. The van der Waals surface area contributed by atoms with Crippen LogP contribution in [0.5, 0.6) is 0 Å². The molecule has 106 valence electrons. The fourth-order valence-electron chi connectivity index (χ4n) is 1.77. The highest BCUT2D eigenvalue weighted by Gasteiger charge is 2.25. The second kappa shape index (κ2) is 5.24. The molecule has 8 heteroatoms. The van der Waals surface area contributed by atoms with Crippen molar-refractivity contribution in [1.29, 1.82) is 0 Å². The Kier molecular flexibility index (Phi) is 3.64. The Morgan fingerprint density at radius 3 is 2.60 bits per heavy atom. The van der Waals surface area contributed by atoms with E-state index in [2.05, 4.69) is 10.1 Å². The van der Waals surface area contributed by atoms with Gasteiger partial charge in [0.1, 0.15) is 18.0 Å². The molecule has 2 aromatic rings. The van der Waals surface area contributed by atoms with Crippen LogP contribution in [0.25, 0.3) is 0 Å². The van der Waals surface area contributed by atoms with Crippen LogP contribution in [0.2, 0.25) is 0 Å². The maximum Gasteiger partial charge on any atom is 0.354 e. The van der Waals surface area contributed by atoms with Gasteiger partial charge in [-0.2, -0.15) is 0 Å². The van der Waals surface area contributed by atoms with Gasteiger partial charge >= 0.3 is 11.7 Å². The molecule has 0 fully saturated rings. The van der Waals surface area contributed by atoms with E-state index in [0.29, 0.717) is 10.7 Å². The highest BCUT2D eigenvalue weighted by Crippen LogP contribution is 2.22. The van der Waals surface area contributed by atoms with Gasteiger partial charge in [0.2, 0.25) is 0 Å². The van der Waals surface area contributed by atoms with Crippen LogP contribution in [0.15, 0.2) is 29.3 Å². The number of benzene rings is 1. The van der Waals surface area contributed by atoms with Crippen molar-refractivity contribution in [2.24, 2.45) is 0 Å². The number of amides is 1. The highest BCUT2D eigenvalue weighted by atomic mass is 19.1. The molecule has 1 N–H and O–H groups in total. The minimum Gasteiger partial charge on any atom is -0.295 e. The standard InChI is InChI=1S/C12H12F2N4O2/c1-7(2)17(10-4-3-8(13)5-9(10)14)12(20)18-11(19)15-6-16-18/h3-7H,1-2H3,(H,15,16,19). The van der Waals surface area contributed by atoms with Crippen molar-refractivity contribution in [3.63, 3.8) is 0 Å². The second-order valence-electron chi connectivity index (χ2n) is 4.35. The Bertz CT molecular complexity index is 693. The van der Waals surface area contributed by atoms with Gasteiger partial charge in [0.25, 0.3) is 0 Å². The number of aromatic amines is 1. The first-order valence-corrected chi connectivity index (χ1v) is 5.83. The monoisotopic (exact) mass is 282 g/mol. The SMILES string of the molecule is CC(C)N(C(=O)n1nc[nH]c1=O)c1ccc(F)cc1F. The van der Waals surface area contributed by atoms with Crippen LogP contribution in [-0.2, 0) is 0 Å². The number of nitrogens with one attached hydrogen (secondary N) is 1. The molecular weight excluding hydrogens is 270 g/mol. The first-order valence-electron chi connectivity index (χ1n) is 5.83. The summed E-state index contributed by atoms with van der Waals surface area (Å²) in [5, 5.41) is 3.55. The summed E-state index contributed by atoms with van der Waals surface area (Å²) >= 11 is 0. The summed E-state index contributed by atoms with van der Waals surface area (Å²) in [5.74, 6) is -1.64. The molecule has 0 bridgehead atoms. The summed E-state index contributed by atoms with van der Waals surface area (Å²) in [5.41, 5.74) is -0.857. The third kappa shape index (κ3) is 2.44. The molecule has 0 aliphatic carbocycles. The predicted molar refractivity (Wildman–Crippen MR) is 67.6 cm³/mol. The number of nitrogens with zero attached hydrogens (tertiary/aromatic N) is 3. The normalized spacial score (nSPS) is 10.8. The Labute approximate surface area is 112 Å². The van der Waals surface area contributed by atoms with Crippen molar-refractivity contribution < 1.29 is 13.6 Å². The van der Waals surface area contributed by atoms with Crippen LogP contribution in [-0.4, -0.2) is 26.8 Å². The van der Waals surface area contributed by atoms with Crippen molar-refractivity contribution >= 4 is 11.7 Å². The van der Waals surface area contributed by atoms with E-state index in [1.54, 1.807) is 13.8 Å². The van der Waals surface area contributed by atoms with Crippen LogP contribution >= 0.6 is 0 Å². The number of H-pyrrole nitrogens is 1. The lowest BCUT2D eigenvalue weighted by atomic mass is 10.2. The molecule has 0 atom stereocenters. The molecular formula is C12H12F2N4O2. The second-order valence-corrected chi connectivity index (χ2v) is 4.35. The highest BCUT2D eigenvalue weighted by molar-refractivity contribution is 5.93. The number of carbonyl (C=O) groups is 1. The van der Waals surface area contributed by atoms with Crippen LogP contribution in [0, 0.1) is 11.6 Å². The minimum atomic E-state index is -0.893. The summed E-state index contributed by atoms with van der Waals surface area (Å²) in [6, 6.07) is 1.57. The van der Waals surface area contributed by atoms with E-state index in [1.165, 1.54) is 0 Å². The first kappa shape index (κ1) is 13.9. The van der Waals surface area contributed by atoms with Crippen molar-refractivity contribution in [2.45, 2.75) is 19.9 Å². The molecule has 0 saturated heterocycles. The lowest BCUT2D eigenvalue weighted by Crippen LogP contribution is -2.44. The molecule has 1 aromatic carbocycles. The average Bonchev–Trinajstić information content (AvgIpc) is 2.78. The summed E-state index contributed by atoms with van der Waals surface area (Å²) < 4.78 is 27.3. The zero-order chi connectivity index (χ0) is 14.9. The van der Waals surface area contributed by atoms with Crippen LogP contribution in [0.4, 0.5) is 19.3 Å². The molecule has 2 rings (SSSR count). The van der Waals surface area contributed by atoms with Gasteiger partial charge in [-0.3, -0.25) is 9.88 Å². The Balaban J connectivity index is 2.49. The van der Waals surface area contributed by atoms with E-state index in [9.17, 15) is 18.4 Å². The Morgan fingerprint density at radius 1 is 1.40 bits per heavy atom. The molecule has 1 amide bonds. The molecule has 1 aromatic heterocycles. The number of hydrogen-bond acceptors (Lipinski definition) is 3. The summed E-state index contributed by atoms with van der Waals surface area (Å²) in [4.78, 5) is 26.9. The minimum absolute atomic E-state index is 0.124. The van der Waals surface area contributed by atoms with Crippen LogP contribution < -0.4 is 10.6 Å². The molecule has 0 aliphatic rings. The van der Waals surface area contributed by atoms with Crippen LogP contribution in [0.1, 0.15) is 13.8 Å². The molecule has 6 nitrogen and oxygen atoms in total. The molecule has 0 spiro atoms. The average molecular weight is 282 g/mol. The smallest absolute Gasteiger partial charge is 0.295 e. The predicted octanol–water partition coefficient (Wildman–Crippen LogP) is 1.73. The third-order valence-electron chi connectivity index (χ3n) is 2.63. The number of halogens is 2. The van der Waals surface area contributed by atoms with E-state index >= 15 is 0 Å². The van der Waals surface area contributed by atoms with Crippen molar-refractivity contribution in [1.82, 2.24) is 14.8 Å². The maximum absolute atomic E-state index is 13.8. The van der Waals surface area contributed by atoms with Crippen molar-refractivity contribution in [3.05, 3.63) is 46.6 Å². The zero-order valence-corrected chi connectivity index (χ0v) is 10.8. The van der Waals surface area contributed by atoms with Gasteiger partial charge in [-0.1, -0.05) is 0 Å². The summed E-state index contributed by atoms with van der Waals surface area (Å²) in [7, 11) is 0. The van der Waals surface area contributed by atoms with E-state index in [4.69, 9.17) is 0 Å². The topological polar surface area (TPSA) is 71.0 Å². The third-order valence-corrected chi connectivity index (χ3v) is 2.63. The Hall–Kier alpha value is -2.51. The quantitative estimate of drug-likeness (QED) is 0.911. The number of aromatic nitrogens is 3. The van der Waals surface area contributed by atoms with Gasteiger partial charge in [-0.15, -0.1) is 9.78 Å². The number of hydrogen-bond donors (Lipinski definition) is 1. The molecule has 0 unspecified atom stereocenters. The van der Waals surface area contributed by atoms with Crippen molar-refractivity contribution in [2.75, 3.05) is 4.90 Å². The van der Waals surface area contributed by atoms with E-state index < -0.39 is 29.4 Å². The lowest BCUT2D eigenvalue weighted by molar-refractivity contribution is 0.242. The fraction of sp³-hybridized carbons (Fsp3) is 0.250. The largest absolute Gasteiger partial charge is 0.354 e. The van der Waals surface area contributed by atoms with E-state index in [-0.39, 0.29) is 5.69 Å². The van der Waals surface area contributed by atoms with Gasteiger partial charge in [-0.25, -0.2) is 18.4 Å². The fourth-order valence-corrected chi connectivity index (χ4v) is 1.77. The van der Waals surface area contributed by atoms with Crippen LogP contribution in [0.3, 0.4) is 0 Å². The maximum atomic E-state index is 13.8. The molecule has 0 aliphatic heterocycles. The molecule has 20 heavy (non-hydrogen) atoms. The number of carbonyl (C=O) groups excluding carboxylic acids is 1. The summed E-state index contributed by atoms with van der Waals surface area (Å²) in [6.45, 7) is 3.27. The summed E-state index contributed by atoms with van der Waals surface area (Å²) in [6.07, 6.45) is 1.06. The zero-order valence-electron chi connectivity index (χ0n) is 10.8. The number of anilines is 1. The van der Waals surface area contributed by atoms with Gasteiger partial charge < -0.3 is 0 Å². The molecule has 0 saturated carbocycles. The van der Waals surface area contributed by atoms with Gasteiger partial charge in [0.15, 0.2) is 0 Å². The Morgan fingerprint density at radius 2 is 2.10 bits per heavy atom. The van der Waals surface area contributed by atoms with Gasteiger partial charge in [0, 0.05) is 12.1 Å². The van der Waals surface area contributed by atoms with E-state index in [0.717, 1.165) is 23.4 Å². The lowest BCUT2D eigenvalue weighted by Gasteiger charge is -2.26. The first-order chi connectivity index (χ1) is 9.41. The number of rotatable bonds is 2. The van der Waals surface area contributed by atoms with Gasteiger partial charge in [-0.05, 0) is 26.0 Å². The van der Waals surface area contributed by atoms with E-state index in [1.807, 2.05) is 0 Å². The van der Waals surface area contributed by atoms with Crippen molar-refractivity contribution in [3.8, 4) is 0 Å².